The number of hydrogen-bond acceptors (Lipinski definition) is 3. The van der Waals surface area contributed by atoms with E-state index in [1.165, 1.54) is 0 Å². The lowest BCUT2D eigenvalue weighted by Gasteiger charge is -2.12. The van der Waals surface area contributed by atoms with E-state index in [0.29, 0.717) is 0 Å². The van der Waals surface area contributed by atoms with Gasteiger partial charge < -0.3 is 5.11 Å². The minimum Gasteiger partial charge on any atom is -0.478 e. The van der Waals surface area contributed by atoms with Gasteiger partial charge in [-0.25, -0.2) is 13.2 Å². The summed E-state index contributed by atoms with van der Waals surface area (Å²) in [7, 11) is -4.70. The molecule has 0 amide bonds. The van der Waals surface area contributed by atoms with Crippen molar-refractivity contribution in [2.75, 3.05) is 5.75 Å². The molecule has 0 atom stereocenters. The standard InChI is InChI=1S/C10H8ClF3O4S/c1-5-7(9(15)16)2-6(11)3-8(5)19(17,18)4-10(12,13)14/h2-3H,4H2,1H3,(H,15,16). The van der Waals surface area contributed by atoms with Gasteiger partial charge in [0.1, 0.15) is 0 Å². The van der Waals surface area contributed by atoms with Crippen LogP contribution in [0.2, 0.25) is 5.02 Å². The summed E-state index contributed by atoms with van der Waals surface area (Å²) in [5.74, 6) is -3.54. The largest absolute Gasteiger partial charge is 0.478 e. The summed E-state index contributed by atoms with van der Waals surface area (Å²) in [6.45, 7) is 1.11. The number of alkyl halides is 3. The van der Waals surface area contributed by atoms with Crippen LogP contribution < -0.4 is 0 Å². The molecule has 0 aliphatic heterocycles. The summed E-state index contributed by atoms with van der Waals surface area (Å²) in [5.41, 5.74) is -0.727. The first-order valence-electron chi connectivity index (χ1n) is 4.77. The normalized spacial score (nSPS) is 12.5. The molecule has 9 heteroatoms. The van der Waals surface area contributed by atoms with Crippen LogP contribution in [0, 0.1) is 6.92 Å². The minimum absolute atomic E-state index is 0.260. The SMILES string of the molecule is Cc1c(C(=O)O)cc(Cl)cc1S(=O)(=O)CC(F)(F)F. The Morgan fingerprint density at radius 2 is 1.89 bits per heavy atom. The maximum Gasteiger partial charge on any atom is 0.403 e. The van der Waals surface area contributed by atoms with E-state index in [4.69, 9.17) is 16.7 Å². The second kappa shape index (κ2) is 5.01. The van der Waals surface area contributed by atoms with Crippen molar-refractivity contribution in [1.82, 2.24) is 0 Å². The topological polar surface area (TPSA) is 71.4 Å². The lowest BCUT2D eigenvalue weighted by Crippen LogP contribution is -2.24. The van der Waals surface area contributed by atoms with Crippen molar-refractivity contribution in [2.24, 2.45) is 0 Å². The molecule has 0 aliphatic carbocycles. The number of carboxylic acids is 1. The van der Waals surface area contributed by atoms with Crippen LogP contribution in [0.1, 0.15) is 15.9 Å². The molecule has 0 unspecified atom stereocenters. The molecule has 0 aliphatic rings. The fraction of sp³-hybridized carbons (Fsp3) is 0.300. The van der Waals surface area contributed by atoms with E-state index in [-0.39, 0.29) is 10.6 Å². The minimum atomic E-state index is -4.92. The molecule has 0 fully saturated rings. The Morgan fingerprint density at radius 1 is 1.37 bits per heavy atom. The molecule has 0 heterocycles. The first kappa shape index (κ1) is 15.8. The van der Waals surface area contributed by atoms with Crippen molar-refractivity contribution in [3.63, 3.8) is 0 Å². The maximum absolute atomic E-state index is 12.2. The molecule has 0 saturated heterocycles. The molecule has 19 heavy (non-hydrogen) atoms. The van der Waals surface area contributed by atoms with E-state index in [2.05, 4.69) is 0 Å². The van der Waals surface area contributed by atoms with E-state index in [9.17, 15) is 26.4 Å². The smallest absolute Gasteiger partial charge is 0.403 e. The average molecular weight is 317 g/mol. The molecule has 0 bridgehead atoms. The average Bonchev–Trinajstić information content (AvgIpc) is 2.16. The summed E-state index contributed by atoms with van der Waals surface area (Å²) in [5, 5.41) is 8.58. The summed E-state index contributed by atoms with van der Waals surface area (Å²) >= 11 is 5.53. The van der Waals surface area contributed by atoms with Gasteiger partial charge in [-0.05, 0) is 24.6 Å². The van der Waals surface area contributed by atoms with Crippen LogP contribution in [0.5, 0.6) is 0 Å². The zero-order chi connectivity index (χ0) is 15.0. The Bertz CT molecular complexity index is 622. The lowest BCUT2D eigenvalue weighted by molar-refractivity contribution is -0.106. The Balaban J connectivity index is 3.48. The van der Waals surface area contributed by atoms with Crippen molar-refractivity contribution < 1.29 is 31.5 Å². The lowest BCUT2D eigenvalue weighted by atomic mass is 10.1. The van der Waals surface area contributed by atoms with Gasteiger partial charge in [-0.2, -0.15) is 13.2 Å². The highest BCUT2D eigenvalue weighted by atomic mass is 35.5. The predicted molar refractivity (Wildman–Crippen MR) is 61.3 cm³/mol. The third-order valence-electron chi connectivity index (χ3n) is 2.24. The molecule has 1 aromatic rings. The number of carbonyl (C=O) groups is 1. The summed E-state index contributed by atoms with van der Waals surface area (Å²) in [6.07, 6.45) is -4.92. The molecule has 1 N–H and O–H groups in total. The van der Waals surface area contributed by atoms with E-state index >= 15 is 0 Å². The van der Waals surface area contributed by atoms with Crippen LogP contribution in [0.4, 0.5) is 13.2 Å². The molecule has 0 aromatic heterocycles. The van der Waals surface area contributed by atoms with E-state index in [0.717, 1.165) is 19.1 Å². The van der Waals surface area contributed by atoms with Crippen LogP contribution in [0.25, 0.3) is 0 Å². The molecule has 1 aromatic carbocycles. The zero-order valence-electron chi connectivity index (χ0n) is 9.45. The second-order valence-corrected chi connectivity index (χ2v) is 6.15. The summed E-state index contributed by atoms with van der Waals surface area (Å²) < 4.78 is 59.8. The molecule has 0 saturated carbocycles. The molecular formula is C10H8ClF3O4S. The molecular weight excluding hydrogens is 309 g/mol. The van der Waals surface area contributed by atoms with Gasteiger partial charge in [0.15, 0.2) is 15.6 Å². The van der Waals surface area contributed by atoms with Crippen LogP contribution in [0.3, 0.4) is 0 Å². The zero-order valence-corrected chi connectivity index (χ0v) is 11.0. The summed E-state index contributed by atoms with van der Waals surface area (Å²) in [6, 6.07) is 1.79. The number of rotatable bonds is 3. The first-order valence-corrected chi connectivity index (χ1v) is 6.80. The van der Waals surface area contributed by atoms with Gasteiger partial charge in [0.2, 0.25) is 0 Å². The Hall–Kier alpha value is -1.28. The van der Waals surface area contributed by atoms with Crippen molar-refractivity contribution in [3.05, 3.63) is 28.3 Å². The highest BCUT2D eigenvalue weighted by Crippen LogP contribution is 2.29. The second-order valence-electron chi connectivity index (χ2n) is 3.76. The maximum atomic E-state index is 12.2. The molecule has 0 spiro atoms. The third-order valence-corrected chi connectivity index (χ3v) is 4.26. The fourth-order valence-electron chi connectivity index (χ4n) is 1.49. The molecule has 4 nitrogen and oxygen atoms in total. The van der Waals surface area contributed by atoms with Crippen molar-refractivity contribution >= 4 is 27.4 Å². The molecule has 0 radical (unpaired) electrons. The van der Waals surface area contributed by atoms with Gasteiger partial charge in [-0.1, -0.05) is 11.6 Å². The van der Waals surface area contributed by atoms with Gasteiger partial charge in [-0.15, -0.1) is 0 Å². The fourth-order valence-corrected chi connectivity index (χ4v) is 3.24. The van der Waals surface area contributed by atoms with Gasteiger partial charge in [0.05, 0.1) is 10.5 Å². The van der Waals surface area contributed by atoms with Crippen LogP contribution in [-0.4, -0.2) is 31.4 Å². The number of benzene rings is 1. The molecule has 1 rings (SSSR count). The Labute approximate surface area is 111 Å². The number of carboxylic acid groups (broad SMARTS) is 1. The predicted octanol–water partition coefficient (Wildman–Crippen LogP) is 2.68. The monoisotopic (exact) mass is 316 g/mol. The quantitative estimate of drug-likeness (QED) is 0.930. The van der Waals surface area contributed by atoms with E-state index in [1.54, 1.807) is 0 Å². The van der Waals surface area contributed by atoms with Gasteiger partial charge in [0.25, 0.3) is 0 Å². The Kier molecular flexibility index (Phi) is 4.16. The third kappa shape index (κ3) is 3.84. The summed E-state index contributed by atoms with van der Waals surface area (Å²) in [4.78, 5) is 10.1. The molecule has 106 valence electrons. The highest BCUT2D eigenvalue weighted by molar-refractivity contribution is 7.91. The van der Waals surface area contributed by atoms with Gasteiger partial charge in [0, 0.05) is 5.02 Å². The van der Waals surface area contributed by atoms with Crippen LogP contribution in [-0.2, 0) is 9.84 Å². The van der Waals surface area contributed by atoms with Gasteiger partial charge >= 0.3 is 12.1 Å². The van der Waals surface area contributed by atoms with Crippen molar-refractivity contribution in [1.29, 1.82) is 0 Å². The number of sulfone groups is 1. The van der Waals surface area contributed by atoms with Gasteiger partial charge in [-0.3, -0.25) is 0 Å². The van der Waals surface area contributed by atoms with Crippen molar-refractivity contribution in [3.8, 4) is 0 Å². The van der Waals surface area contributed by atoms with E-state index < -0.39 is 38.2 Å². The van der Waals surface area contributed by atoms with Crippen LogP contribution in [0.15, 0.2) is 17.0 Å². The number of hydrogen-bond donors (Lipinski definition) is 1. The van der Waals surface area contributed by atoms with Crippen molar-refractivity contribution in [2.45, 2.75) is 18.0 Å². The number of aromatic carboxylic acids is 1. The van der Waals surface area contributed by atoms with Crippen LogP contribution >= 0.6 is 11.6 Å². The first-order chi connectivity index (χ1) is 8.44. The highest BCUT2D eigenvalue weighted by Gasteiger charge is 2.37. The number of halogens is 4. The Morgan fingerprint density at radius 3 is 2.32 bits per heavy atom. The van der Waals surface area contributed by atoms with E-state index in [1.807, 2.05) is 0 Å².